The lowest BCUT2D eigenvalue weighted by Crippen LogP contribution is -2.47. The second-order valence-corrected chi connectivity index (χ2v) is 8.02. The Hall–Kier alpha value is -2.31. The van der Waals surface area contributed by atoms with Crippen molar-refractivity contribution in [1.29, 1.82) is 5.26 Å². The average Bonchev–Trinajstić information content (AvgIpc) is 2.74. The second kappa shape index (κ2) is 8.15. The number of benzene rings is 2. The van der Waals surface area contributed by atoms with E-state index in [1.165, 1.54) is 35.2 Å². The van der Waals surface area contributed by atoms with Crippen molar-refractivity contribution in [3.05, 3.63) is 54.1 Å². The molecule has 2 aromatic rings. The van der Waals surface area contributed by atoms with Crippen LogP contribution in [0.2, 0.25) is 0 Å². The highest BCUT2D eigenvalue weighted by Crippen LogP contribution is 2.30. The van der Waals surface area contributed by atoms with E-state index in [4.69, 9.17) is 5.26 Å². The maximum absolute atomic E-state index is 9.10. The number of hydrogen-bond acceptors (Lipinski definition) is 3. The fraction of sp³-hybridized carbons (Fsp3) is 0.458. The molecule has 2 saturated heterocycles. The number of hydrogen-bond donors (Lipinski definition) is 0. The third kappa shape index (κ3) is 4.01. The molecular formula is C24H29N3. The lowest BCUT2D eigenvalue weighted by Gasteiger charge is -2.41. The number of aryl methyl sites for hydroxylation is 1. The highest BCUT2D eigenvalue weighted by molar-refractivity contribution is 5.71. The van der Waals surface area contributed by atoms with E-state index < -0.39 is 0 Å². The third-order valence-corrected chi connectivity index (χ3v) is 6.36. The highest BCUT2D eigenvalue weighted by Gasteiger charge is 2.28. The van der Waals surface area contributed by atoms with Crippen LogP contribution in [0.4, 0.5) is 5.69 Å². The monoisotopic (exact) mass is 359 g/mol. The van der Waals surface area contributed by atoms with Gasteiger partial charge in [-0.2, -0.15) is 5.26 Å². The number of nitriles is 1. The molecule has 0 atom stereocenters. The van der Waals surface area contributed by atoms with Crippen molar-refractivity contribution in [3.8, 4) is 17.2 Å². The molecule has 0 aliphatic carbocycles. The van der Waals surface area contributed by atoms with Gasteiger partial charge in [0.05, 0.1) is 6.07 Å². The van der Waals surface area contributed by atoms with Crippen molar-refractivity contribution < 1.29 is 0 Å². The van der Waals surface area contributed by atoms with E-state index in [-0.39, 0.29) is 5.92 Å². The number of piperidine rings is 2. The van der Waals surface area contributed by atoms with Gasteiger partial charge in [0.15, 0.2) is 0 Å². The smallest absolute Gasteiger partial charge is 0.0656 e. The van der Waals surface area contributed by atoms with Crippen LogP contribution in [0.5, 0.6) is 0 Å². The van der Waals surface area contributed by atoms with E-state index in [0.717, 1.165) is 39.0 Å². The number of likely N-dealkylation sites (tertiary alicyclic amines) is 1. The number of rotatable bonds is 3. The summed E-state index contributed by atoms with van der Waals surface area (Å²) in [6.07, 6.45) is 4.56. The van der Waals surface area contributed by atoms with E-state index in [1.807, 2.05) is 0 Å². The SMILES string of the molecule is Cc1ccccc1-c1cccc(N2CCC(N3CCC(C#N)CC3)CC2)c1. The van der Waals surface area contributed by atoms with E-state index >= 15 is 0 Å². The first kappa shape index (κ1) is 18.1. The lowest BCUT2D eigenvalue weighted by molar-refractivity contribution is 0.127. The van der Waals surface area contributed by atoms with Crippen LogP contribution in [0.15, 0.2) is 48.5 Å². The molecule has 2 heterocycles. The molecule has 2 aromatic carbocycles. The molecule has 3 nitrogen and oxygen atoms in total. The van der Waals surface area contributed by atoms with Crippen LogP contribution in [0, 0.1) is 24.2 Å². The first-order chi connectivity index (χ1) is 13.2. The Labute approximate surface area is 163 Å². The van der Waals surface area contributed by atoms with Gasteiger partial charge in [-0.15, -0.1) is 0 Å². The van der Waals surface area contributed by atoms with Crippen LogP contribution >= 0.6 is 0 Å². The normalized spacial score (nSPS) is 19.8. The van der Waals surface area contributed by atoms with Crippen molar-refractivity contribution in [2.24, 2.45) is 5.92 Å². The lowest BCUT2D eigenvalue weighted by atomic mass is 9.94. The largest absolute Gasteiger partial charge is 0.371 e. The first-order valence-electron chi connectivity index (χ1n) is 10.3. The molecule has 4 rings (SSSR count). The van der Waals surface area contributed by atoms with Gasteiger partial charge in [-0.25, -0.2) is 0 Å². The van der Waals surface area contributed by atoms with Gasteiger partial charge in [-0.1, -0.05) is 36.4 Å². The summed E-state index contributed by atoms with van der Waals surface area (Å²) in [4.78, 5) is 5.18. The summed E-state index contributed by atoms with van der Waals surface area (Å²) in [7, 11) is 0. The molecule has 0 N–H and O–H groups in total. The zero-order chi connectivity index (χ0) is 18.6. The first-order valence-corrected chi connectivity index (χ1v) is 10.3. The Morgan fingerprint density at radius 2 is 1.63 bits per heavy atom. The Morgan fingerprint density at radius 1 is 0.889 bits per heavy atom. The Balaban J connectivity index is 1.40. The minimum atomic E-state index is 0.283. The minimum absolute atomic E-state index is 0.283. The van der Waals surface area contributed by atoms with Gasteiger partial charge in [0.1, 0.15) is 0 Å². The zero-order valence-electron chi connectivity index (χ0n) is 16.3. The van der Waals surface area contributed by atoms with Crippen molar-refractivity contribution in [1.82, 2.24) is 4.90 Å². The van der Waals surface area contributed by atoms with Crippen molar-refractivity contribution in [2.75, 3.05) is 31.1 Å². The summed E-state index contributed by atoms with van der Waals surface area (Å²) in [5, 5.41) is 9.10. The minimum Gasteiger partial charge on any atom is -0.371 e. The quantitative estimate of drug-likeness (QED) is 0.783. The van der Waals surface area contributed by atoms with Crippen LogP contribution in [-0.2, 0) is 0 Å². The average molecular weight is 360 g/mol. The molecule has 27 heavy (non-hydrogen) atoms. The van der Waals surface area contributed by atoms with Crippen LogP contribution in [0.25, 0.3) is 11.1 Å². The molecule has 2 aliphatic heterocycles. The number of anilines is 1. The van der Waals surface area contributed by atoms with E-state index in [9.17, 15) is 0 Å². The fourth-order valence-electron chi connectivity index (χ4n) is 4.65. The summed E-state index contributed by atoms with van der Waals surface area (Å²) in [6, 6.07) is 20.8. The predicted octanol–water partition coefficient (Wildman–Crippen LogP) is 4.87. The topological polar surface area (TPSA) is 30.3 Å². The van der Waals surface area contributed by atoms with Crippen molar-refractivity contribution >= 4 is 5.69 Å². The highest BCUT2D eigenvalue weighted by atomic mass is 15.2. The van der Waals surface area contributed by atoms with Crippen LogP contribution in [-0.4, -0.2) is 37.1 Å². The van der Waals surface area contributed by atoms with E-state index in [0.29, 0.717) is 6.04 Å². The van der Waals surface area contributed by atoms with Gasteiger partial charge in [0.2, 0.25) is 0 Å². The van der Waals surface area contributed by atoms with Gasteiger partial charge in [0, 0.05) is 30.7 Å². The standard InChI is InChI=1S/C24H29N3/c1-19-5-2-3-8-24(19)21-6-4-7-23(17-21)27-15-11-22(12-16-27)26-13-9-20(18-25)10-14-26/h2-8,17,20,22H,9-16H2,1H3. The molecular weight excluding hydrogens is 330 g/mol. The summed E-state index contributed by atoms with van der Waals surface area (Å²) in [5.74, 6) is 0.283. The molecule has 0 spiro atoms. The summed E-state index contributed by atoms with van der Waals surface area (Å²) in [5.41, 5.74) is 5.31. The van der Waals surface area contributed by atoms with Gasteiger partial charge in [0.25, 0.3) is 0 Å². The molecule has 0 aromatic heterocycles. The maximum atomic E-state index is 9.10. The summed E-state index contributed by atoms with van der Waals surface area (Å²) in [6.45, 7) is 6.64. The Kier molecular flexibility index (Phi) is 5.45. The van der Waals surface area contributed by atoms with Crippen LogP contribution in [0.1, 0.15) is 31.2 Å². The molecule has 3 heteroatoms. The summed E-state index contributed by atoms with van der Waals surface area (Å²) < 4.78 is 0. The zero-order valence-corrected chi connectivity index (χ0v) is 16.3. The molecule has 0 saturated carbocycles. The maximum Gasteiger partial charge on any atom is 0.0656 e. The molecule has 0 unspecified atom stereocenters. The fourth-order valence-corrected chi connectivity index (χ4v) is 4.65. The van der Waals surface area contributed by atoms with Crippen molar-refractivity contribution in [3.63, 3.8) is 0 Å². The molecule has 2 fully saturated rings. The second-order valence-electron chi connectivity index (χ2n) is 8.02. The van der Waals surface area contributed by atoms with Gasteiger partial charge in [-0.3, -0.25) is 0 Å². The molecule has 0 bridgehead atoms. The molecule has 0 amide bonds. The van der Waals surface area contributed by atoms with Gasteiger partial charge >= 0.3 is 0 Å². The van der Waals surface area contributed by atoms with Gasteiger partial charge < -0.3 is 9.80 Å². The Bertz CT molecular complexity index is 806. The molecule has 0 radical (unpaired) electrons. The van der Waals surface area contributed by atoms with Crippen LogP contribution < -0.4 is 4.90 Å². The van der Waals surface area contributed by atoms with Crippen molar-refractivity contribution in [2.45, 2.75) is 38.6 Å². The van der Waals surface area contributed by atoms with E-state index in [1.54, 1.807) is 0 Å². The van der Waals surface area contributed by atoms with Gasteiger partial charge in [-0.05, 0) is 74.5 Å². The Morgan fingerprint density at radius 3 is 2.33 bits per heavy atom. The van der Waals surface area contributed by atoms with E-state index in [2.05, 4.69) is 71.3 Å². The van der Waals surface area contributed by atoms with Crippen LogP contribution in [0.3, 0.4) is 0 Å². The predicted molar refractivity (Wildman–Crippen MR) is 112 cm³/mol. The number of nitrogens with zero attached hydrogens (tertiary/aromatic N) is 3. The molecule has 2 aliphatic rings. The third-order valence-electron chi connectivity index (χ3n) is 6.36. The molecule has 140 valence electrons. The summed E-state index contributed by atoms with van der Waals surface area (Å²) >= 11 is 0.